The minimum atomic E-state index is -0.972. The molecule has 3 saturated heterocycles. The number of hydrogen-bond acceptors (Lipinski definition) is 7. The molecule has 0 saturated carbocycles. The van der Waals surface area contributed by atoms with Crippen molar-refractivity contribution in [2.45, 2.75) is 76.7 Å². The average molecular weight is 483 g/mol. The van der Waals surface area contributed by atoms with E-state index in [9.17, 15) is 24.0 Å². The first kappa shape index (κ1) is 23.5. The highest BCUT2D eigenvalue weighted by Crippen LogP contribution is 2.33. The monoisotopic (exact) mass is 482 g/mol. The van der Waals surface area contributed by atoms with Crippen LogP contribution in [-0.4, -0.2) is 81.2 Å². The van der Waals surface area contributed by atoms with Crippen molar-refractivity contribution in [2.24, 2.45) is 0 Å². The molecule has 186 valence electrons. The molecule has 35 heavy (non-hydrogen) atoms. The minimum Gasteiger partial charge on any atom is -0.444 e. The van der Waals surface area contributed by atoms with Crippen molar-refractivity contribution >= 4 is 29.7 Å². The zero-order valence-corrected chi connectivity index (χ0v) is 20.2. The predicted octanol–water partition coefficient (Wildman–Crippen LogP) is 1.67. The number of piperidine rings is 1. The lowest BCUT2D eigenvalue weighted by Crippen LogP contribution is -2.56. The van der Waals surface area contributed by atoms with Crippen LogP contribution in [0.1, 0.15) is 72.7 Å². The first-order valence-electron chi connectivity index (χ1n) is 12.1. The summed E-state index contributed by atoms with van der Waals surface area (Å²) in [6, 6.07) is 4.40. The Labute approximate surface area is 203 Å². The molecule has 5 amide bonds. The molecule has 10 nitrogen and oxygen atoms in total. The van der Waals surface area contributed by atoms with E-state index in [1.54, 1.807) is 12.1 Å². The highest BCUT2D eigenvalue weighted by molar-refractivity contribution is 6.23. The number of ether oxygens (including phenoxy) is 1. The summed E-state index contributed by atoms with van der Waals surface area (Å²) in [5.41, 5.74) is 0.912. The Hall–Kier alpha value is -3.27. The summed E-state index contributed by atoms with van der Waals surface area (Å²) >= 11 is 0. The Kier molecular flexibility index (Phi) is 5.66. The second kappa shape index (κ2) is 8.44. The van der Waals surface area contributed by atoms with Crippen molar-refractivity contribution in [3.8, 4) is 0 Å². The molecule has 1 aromatic carbocycles. The summed E-state index contributed by atoms with van der Waals surface area (Å²) in [7, 11) is 0. The molecule has 0 spiro atoms. The number of imide groups is 2. The molecule has 2 bridgehead atoms. The van der Waals surface area contributed by atoms with Gasteiger partial charge in [0.15, 0.2) is 0 Å². The first-order valence-corrected chi connectivity index (χ1v) is 12.1. The molecule has 0 radical (unpaired) electrons. The molecular weight excluding hydrogens is 452 g/mol. The van der Waals surface area contributed by atoms with Gasteiger partial charge in [0.25, 0.3) is 11.8 Å². The number of fused-ring (bicyclic) bond motifs is 3. The Morgan fingerprint density at radius 1 is 1.00 bits per heavy atom. The number of carbonyl (C=O) groups excluding carboxylic acids is 5. The van der Waals surface area contributed by atoms with Crippen molar-refractivity contribution in [3.05, 3.63) is 34.9 Å². The number of rotatable bonds is 3. The maximum atomic E-state index is 13.1. The van der Waals surface area contributed by atoms with Gasteiger partial charge >= 0.3 is 6.09 Å². The smallest absolute Gasteiger partial charge is 0.410 e. The van der Waals surface area contributed by atoms with Crippen molar-refractivity contribution < 1.29 is 28.7 Å². The van der Waals surface area contributed by atoms with Crippen LogP contribution < -0.4 is 5.32 Å². The third-order valence-electron chi connectivity index (χ3n) is 7.07. The number of nitrogens with zero attached hydrogens (tertiary/aromatic N) is 3. The zero-order valence-electron chi connectivity index (χ0n) is 20.2. The second-order valence-electron chi connectivity index (χ2n) is 10.8. The maximum absolute atomic E-state index is 13.1. The van der Waals surface area contributed by atoms with E-state index in [0.29, 0.717) is 19.6 Å². The fourth-order valence-corrected chi connectivity index (χ4v) is 5.61. The van der Waals surface area contributed by atoms with Gasteiger partial charge in [0.05, 0.1) is 11.1 Å². The standard InChI is InChI=1S/C25H30N4O6/c1-25(2,3)35-24(34)28-15-5-6-16(28)13-27(12-15)11-14-4-7-17-18(10-14)23(33)29(22(17)32)19-8-9-20(30)26-21(19)31/h4,7,10,15-16,19H,5-6,8-9,11-13H2,1-3H3,(H,26,30,31). The number of benzene rings is 1. The summed E-state index contributed by atoms with van der Waals surface area (Å²) in [5, 5.41) is 2.21. The van der Waals surface area contributed by atoms with Crippen LogP contribution in [-0.2, 0) is 20.9 Å². The van der Waals surface area contributed by atoms with Crippen LogP contribution in [0.3, 0.4) is 0 Å². The van der Waals surface area contributed by atoms with Crippen LogP contribution in [0.25, 0.3) is 0 Å². The summed E-state index contributed by atoms with van der Waals surface area (Å²) in [5.74, 6) is -2.02. The van der Waals surface area contributed by atoms with Gasteiger partial charge in [-0.05, 0) is 57.7 Å². The molecule has 5 rings (SSSR count). The Bertz CT molecular complexity index is 1110. The molecule has 4 heterocycles. The van der Waals surface area contributed by atoms with Crippen molar-refractivity contribution in [2.75, 3.05) is 13.1 Å². The lowest BCUT2D eigenvalue weighted by atomic mass is 10.0. The van der Waals surface area contributed by atoms with Crippen molar-refractivity contribution in [3.63, 3.8) is 0 Å². The molecule has 0 aromatic heterocycles. The lowest BCUT2D eigenvalue weighted by Gasteiger charge is -2.41. The molecule has 4 aliphatic heterocycles. The molecule has 10 heteroatoms. The van der Waals surface area contributed by atoms with Gasteiger partial charge < -0.3 is 4.74 Å². The zero-order chi connectivity index (χ0) is 25.1. The van der Waals surface area contributed by atoms with Crippen LogP contribution in [0.15, 0.2) is 18.2 Å². The van der Waals surface area contributed by atoms with Crippen LogP contribution in [0.5, 0.6) is 0 Å². The molecule has 1 N–H and O–H groups in total. The Morgan fingerprint density at radius 2 is 1.66 bits per heavy atom. The number of piperazine rings is 1. The predicted molar refractivity (Wildman–Crippen MR) is 123 cm³/mol. The summed E-state index contributed by atoms with van der Waals surface area (Å²) in [6.45, 7) is 7.60. The van der Waals surface area contributed by atoms with E-state index in [1.165, 1.54) is 0 Å². The number of carbonyl (C=O) groups is 5. The quantitative estimate of drug-likeness (QED) is 0.652. The van der Waals surface area contributed by atoms with E-state index >= 15 is 0 Å². The van der Waals surface area contributed by atoms with Crippen LogP contribution in [0, 0.1) is 0 Å². The topological polar surface area (TPSA) is 116 Å². The number of hydrogen-bond donors (Lipinski definition) is 1. The van der Waals surface area contributed by atoms with Gasteiger partial charge in [0, 0.05) is 38.1 Å². The summed E-state index contributed by atoms with van der Waals surface area (Å²) < 4.78 is 5.60. The molecule has 4 aliphatic rings. The van der Waals surface area contributed by atoms with E-state index in [2.05, 4.69) is 10.2 Å². The third-order valence-corrected chi connectivity index (χ3v) is 7.07. The molecule has 0 aliphatic carbocycles. The SMILES string of the molecule is CC(C)(C)OC(=O)N1C2CCC1CN(Cc1ccc3c(c1)C(=O)N(C1CCC(=O)NC1=O)C3=O)C2. The average Bonchev–Trinajstić information content (AvgIpc) is 3.17. The molecular formula is C25H30N4O6. The number of likely N-dealkylation sites (tertiary alicyclic amines) is 1. The van der Waals surface area contributed by atoms with Gasteiger partial charge in [0.1, 0.15) is 11.6 Å². The molecule has 3 unspecified atom stereocenters. The first-order chi connectivity index (χ1) is 16.5. The van der Waals surface area contributed by atoms with Crippen LogP contribution in [0.4, 0.5) is 4.79 Å². The van der Waals surface area contributed by atoms with Gasteiger partial charge in [-0.25, -0.2) is 4.79 Å². The van der Waals surface area contributed by atoms with E-state index in [1.807, 2.05) is 31.7 Å². The van der Waals surface area contributed by atoms with Gasteiger partial charge in [-0.15, -0.1) is 0 Å². The third kappa shape index (κ3) is 4.31. The fourth-order valence-electron chi connectivity index (χ4n) is 5.61. The van der Waals surface area contributed by atoms with Gasteiger partial charge in [-0.3, -0.25) is 39.2 Å². The van der Waals surface area contributed by atoms with Crippen molar-refractivity contribution in [1.82, 2.24) is 20.0 Å². The maximum Gasteiger partial charge on any atom is 0.410 e. The van der Waals surface area contributed by atoms with Gasteiger partial charge in [-0.2, -0.15) is 0 Å². The Balaban J connectivity index is 1.27. The second-order valence-corrected chi connectivity index (χ2v) is 10.8. The van der Waals surface area contributed by atoms with Gasteiger partial charge in [0.2, 0.25) is 11.8 Å². The normalized spacial score (nSPS) is 26.8. The number of nitrogens with one attached hydrogen (secondary N) is 1. The van der Waals surface area contributed by atoms with E-state index < -0.39 is 35.3 Å². The highest BCUT2D eigenvalue weighted by Gasteiger charge is 2.46. The van der Waals surface area contributed by atoms with Crippen molar-refractivity contribution in [1.29, 1.82) is 0 Å². The largest absolute Gasteiger partial charge is 0.444 e. The minimum absolute atomic E-state index is 0.0873. The summed E-state index contributed by atoms with van der Waals surface area (Å²) in [4.78, 5) is 67.6. The molecule has 3 fully saturated rings. The molecule has 3 atom stereocenters. The highest BCUT2D eigenvalue weighted by atomic mass is 16.6. The molecule has 1 aromatic rings. The summed E-state index contributed by atoms with van der Waals surface area (Å²) in [6.07, 6.45) is 1.82. The fraction of sp³-hybridized carbons (Fsp3) is 0.560. The van der Waals surface area contributed by atoms with Crippen LogP contribution in [0.2, 0.25) is 0 Å². The number of amides is 5. The van der Waals surface area contributed by atoms with E-state index in [4.69, 9.17) is 4.74 Å². The Morgan fingerprint density at radius 3 is 2.29 bits per heavy atom. The van der Waals surface area contributed by atoms with E-state index in [0.717, 1.165) is 23.3 Å². The van der Waals surface area contributed by atoms with Gasteiger partial charge in [-0.1, -0.05) is 6.07 Å². The van der Waals surface area contributed by atoms with Crippen LogP contribution >= 0.6 is 0 Å². The lowest BCUT2D eigenvalue weighted by molar-refractivity contribution is -0.136. The van der Waals surface area contributed by atoms with E-state index in [-0.39, 0.29) is 42.1 Å².